The van der Waals surface area contributed by atoms with Gasteiger partial charge in [-0.25, -0.2) is 0 Å². The van der Waals surface area contributed by atoms with Gasteiger partial charge in [0.15, 0.2) is 0 Å². The second-order valence-electron chi connectivity index (χ2n) is 11.2. The Hall–Kier alpha value is -2.98. The minimum Gasteiger partial charge on any atom is -0.393 e. The van der Waals surface area contributed by atoms with E-state index in [0.29, 0.717) is 5.92 Å². The summed E-state index contributed by atoms with van der Waals surface area (Å²) in [5.74, 6) is -1.51. The third kappa shape index (κ3) is 15.0. The third-order valence-corrected chi connectivity index (χ3v) is 6.61. The van der Waals surface area contributed by atoms with Crippen molar-refractivity contribution in [2.75, 3.05) is 6.54 Å². The lowest BCUT2D eigenvalue weighted by Crippen LogP contribution is -2.58. The molecule has 4 amide bonds. The molecule has 10 nitrogen and oxygen atoms in total. The summed E-state index contributed by atoms with van der Waals surface area (Å²) in [6, 6.07) is -2.92. The molecule has 6 N–H and O–H groups in total. The van der Waals surface area contributed by atoms with Gasteiger partial charge in [-0.1, -0.05) is 71.3 Å². The predicted molar refractivity (Wildman–Crippen MR) is 156 cm³/mol. The van der Waals surface area contributed by atoms with Gasteiger partial charge in [0.25, 0.3) is 0 Å². The number of aliphatic hydroxyl groups is 2. The van der Waals surface area contributed by atoms with Crippen LogP contribution in [0.3, 0.4) is 0 Å². The number of nitrogens with one attached hydrogen (secondary N) is 4. The summed E-state index contributed by atoms with van der Waals surface area (Å²) in [4.78, 5) is 50.5. The van der Waals surface area contributed by atoms with E-state index in [4.69, 9.17) is 0 Å². The van der Waals surface area contributed by atoms with Gasteiger partial charge in [-0.15, -0.1) is 0 Å². The summed E-state index contributed by atoms with van der Waals surface area (Å²) < 4.78 is 0. The Balaban J connectivity index is 2.79. The first-order valence-electron chi connectivity index (χ1n) is 14.5. The maximum Gasteiger partial charge on any atom is 0.245 e. The van der Waals surface area contributed by atoms with Crippen LogP contribution in [0.1, 0.15) is 79.6 Å². The number of hydrogen-bond acceptors (Lipinski definition) is 6. The molecule has 0 bridgehead atoms. The van der Waals surface area contributed by atoms with Crippen LogP contribution >= 0.6 is 0 Å². The van der Waals surface area contributed by atoms with Gasteiger partial charge in [-0.05, 0) is 38.0 Å². The highest BCUT2D eigenvalue weighted by molar-refractivity contribution is 5.95. The van der Waals surface area contributed by atoms with Crippen LogP contribution in [-0.2, 0) is 19.2 Å². The second kappa shape index (κ2) is 19.2. The fourth-order valence-electron chi connectivity index (χ4n) is 4.11. The van der Waals surface area contributed by atoms with Crippen LogP contribution < -0.4 is 21.3 Å². The molecule has 0 unspecified atom stereocenters. The minimum absolute atomic E-state index is 0.0487. The highest BCUT2D eigenvalue weighted by Gasteiger charge is 2.31. The predicted octanol–water partition coefficient (Wildman–Crippen LogP) is 2.02. The topological polar surface area (TPSA) is 157 Å². The SMILES string of the molecule is CC(C)CCCCC/C=C/C=C/C(=O)N[C@H](C(=O)N[C@H]1C[C@@H](O)CCNC(=O)/C=C/[C@H](C(C)C)NC1=O)[C@@H](C)O. The Labute approximate surface area is 239 Å². The number of unbranched alkanes of at least 4 members (excludes halogenated alkanes) is 3. The monoisotopic (exact) mass is 562 g/mol. The number of rotatable bonds is 13. The Morgan fingerprint density at radius 2 is 1.82 bits per heavy atom. The smallest absolute Gasteiger partial charge is 0.245 e. The first kappa shape index (κ1) is 35.0. The molecule has 1 heterocycles. The third-order valence-electron chi connectivity index (χ3n) is 6.61. The van der Waals surface area contributed by atoms with Crippen LogP contribution in [0, 0.1) is 11.8 Å². The summed E-state index contributed by atoms with van der Waals surface area (Å²) in [7, 11) is 0. The number of hydrogen-bond donors (Lipinski definition) is 6. The average molecular weight is 563 g/mol. The zero-order valence-electron chi connectivity index (χ0n) is 24.7. The van der Waals surface area contributed by atoms with Crippen molar-refractivity contribution in [2.45, 2.75) is 110 Å². The van der Waals surface area contributed by atoms with E-state index in [1.807, 2.05) is 19.9 Å². The van der Waals surface area contributed by atoms with E-state index in [0.717, 1.165) is 12.8 Å². The minimum atomic E-state index is -1.31. The van der Waals surface area contributed by atoms with Crippen LogP contribution in [0.25, 0.3) is 0 Å². The molecule has 5 atom stereocenters. The van der Waals surface area contributed by atoms with Crippen molar-refractivity contribution in [2.24, 2.45) is 11.8 Å². The molecule has 0 radical (unpaired) electrons. The molecule has 0 saturated carbocycles. The van der Waals surface area contributed by atoms with Crippen LogP contribution in [0.5, 0.6) is 0 Å². The van der Waals surface area contributed by atoms with Crippen molar-refractivity contribution in [3.8, 4) is 0 Å². The van der Waals surface area contributed by atoms with Crippen molar-refractivity contribution < 1.29 is 29.4 Å². The van der Waals surface area contributed by atoms with Gasteiger partial charge in [0.1, 0.15) is 12.1 Å². The van der Waals surface area contributed by atoms with Crippen LogP contribution in [0.15, 0.2) is 36.5 Å². The van der Waals surface area contributed by atoms with E-state index in [9.17, 15) is 29.4 Å². The Bertz CT molecular complexity index is 897. The number of amides is 4. The molecule has 1 rings (SSSR count). The molecular weight excluding hydrogens is 512 g/mol. The zero-order valence-corrected chi connectivity index (χ0v) is 24.7. The molecule has 0 aliphatic carbocycles. The number of allylic oxidation sites excluding steroid dienone is 3. The molecule has 1 aliphatic rings. The van der Waals surface area contributed by atoms with Crippen molar-refractivity contribution in [3.63, 3.8) is 0 Å². The molecular formula is C30H50N4O6. The van der Waals surface area contributed by atoms with E-state index in [2.05, 4.69) is 35.1 Å². The van der Waals surface area contributed by atoms with E-state index in [1.165, 1.54) is 38.3 Å². The summed E-state index contributed by atoms with van der Waals surface area (Å²) in [5, 5.41) is 31.2. The summed E-state index contributed by atoms with van der Waals surface area (Å²) >= 11 is 0. The van der Waals surface area contributed by atoms with Crippen molar-refractivity contribution in [3.05, 3.63) is 36.5 Å². The molecule has 10 heteroatoms. The summed E-state index contributed by atoms with van der Waals surface area (Å²) in [5.41, 5.74) is 0. The lowest BCUT2D eigenvalue weighted by atomic mass is 10.0. The Morgan fingerprint density at radius 3 is 2.48 bits per heavy atom. The first-order valence-corrected chi connectivity index (χ1v) is 14.5. The van der Waals surface area contributed by atoms with Gasteiger partial charge in [-0.2, -0.15) is 0 Å². The average Bonchev–Trinajstić information content (AvgIpc) is 2.86. The maximum atomic E-state index is 13.1. The van der Waals surface area contributed by atoms with Gasteiger partial charge >= 0.3 is 0 Å². The highest BCUT2D eigenvalue weighted by Crippen LogP contribution is 2.10. The van der Waals surface area contributed by atoms with E-state index in [-0.39, 0.29) is 31.2 Å². The molecule has 0 aromatic rings. The largest absolute Gasteiger partial charge is 0.393 e. The lowest BCUT2D eigenvalue weighted by Gasteiger charge is -2.28. The first-order chi connectivity index (χ1) is 18.9. The molecule has 0 aromatic carbocycles. The molecule has 0 aromatic heterocycles. The summed E-state index contributed by atoms with van der Waals surface area (Å²) in [6.45, 7) is 9.74. The van der Waals surface area contributed by atoms with Crippen molar-refractivity contribution >= 4 is 23.6 Å². The fourth-order valence-corrected chi connectivity index (χ4v) is 4.11. The van der Waals surface area contributed by atoms with Crippen LogP contribution in [-0.4, -0.2) is 70.7 Å². The number of aliphatic hydroxyl groups excluding tert-OH is 2. The van der Waals surface area contributed by atoms with Gasteiger partial charge in [0.2, 0.25) is 23.6 Å². The summed E-state index contributed by atoms with van der Waals surface area (Å²) in [6.07, 6.45) is 13.0. The van der Waals surface area contributed by atoms with Crippen molar-refractivity contribution in [1.82, 2.24) is 21.3 Å². The van der Waals surface area contributed by atoms with Gasteiger partial charge < -0.3 is 31.5 Å². The van der Waals surface area contributed by atoms with Gasteiger partial charge in [-0.3, -0.25) is 19.2 Å². The Morgan fingerprint density at radius 1 is 1.10 bits per heavy atom. The maximum absolute atomic E-state index is 13.1. The molecule has 0 saturated heterocycles. The second-order valence-corrected chi connectivity index (χ2v) is 11.2. The number of carbonyl (C=O) groups excluding carboxylic acids is 4. The van der Waals surface area contributed by atoms with E-state index < -0.39 is 48.1 Å². The quantitative estimate of drug-likeness (QED) is 0.115. The van der Waals surface area contributed by atoms with Crippen molar-refractivity contribution in [1.29, 1.82) is 0 Å². The van der Waals surface area contributed by atoms with Crippen LogP contribution in [0.2, 0.25) is 0 Å². The molecule has 1 aliphatic heterocycles. The molecule has 0 fully saturated rings. The highest BCUT2D eigenvalue weighted by atomic mass is 16.3. The molecule has 226 valence electrons. The Kier molecular flexibility index (Phi) is 16.8. The van der Waals surface area contributed by atoms with E-state index in [1.54, 1.807) is 18.2 Å². The molecule has 40 heavy (non-hydrogen) atoms. The lowest BCUT2D eigenvalue weighted by molar-refractivity contribution is -0.134. The number of carbonyl (C=O) groups is 4. The fraction of sp³-hybridized carbons (Fsp3) is 0.667. The van der Waals surface area contributed by atoms with Gasteiger partial charge in [0.05, 0.1) is 12.2 Å². The van der Waals surface area contributed by atoms with Gasteiger partial charge in [0, 0.05) is 31.2 Å². The van der Waals surface area contributed by atoms with Crippen LogP contribution in [0.4, 0.5) is 0 Å². The normalized spacial score (nSPS) is 23.3. The zero-order chi connectivity index (χ0) is 30.1. The molecule has 0 spiro atoms. The van der Waals surface area contributed by atoms with E-state index >= 15 is 0 Å². The standard InChI is InChI=1S/C30H50N4O6/c1-20(2)13-11-9-7-6-8-10-12-14-27(38)34-28(22(5)35)30(40)33-25-19-23(36)17-18-31-26(37)16-15-24(21(3)4)32-29(25)39/h8,10,12,14-16,20-25,28,35-36H,6-7,9,11,13,17-19H2,1-5H3,(H,31,37)(H,32,39)(H,33,40)(H,34,38)/b10-8+,14-12+,16-15+/t22-,23+,24-,25+,28+/m1/s1.